The van der Waals surface area contributed by atoms with Crippen molar-refractivity contribution in [2.24, 2.45) is 5.73 Å². The zero-order valence-corrected chi connectivity index (χ0v) is 9.52. The van der Waals surface area contributed by atoms with E-state index in [1.807, 2.05) is 18.2 Å². The Morgan fingerprint density at radius 1 is 1.47 bits per heavy atom. The number of carbonyl (C=O) groups excluding carboxylic acids is 1. The molecule has 0 spiro atoms. The van der Waals surface area contributed by atoms with Gasteiger partial charge in [-0.3, -0.25) is 9.42 Å². The van der Waals surface area contributed by atoms with Crippen LogP contribution in [0.15, 0.2) is 40.0 Å². The summed E-state index contributed by atoms with van der Waals surface area (Å²) < 4.78 is 4.52. The number of amides is 1. The van der Waals surface area contributed by atoms with Crippen LogP contribution in [0.3, 0.4) is 0 Å². The number of hydrogen-bond acceptors (Lipinski definition) is 5. The van der Waals surface area contributed by atoms with Gasteiger partial charge in [-0.2, -0.15) is 0 Å². The van der Waals surface area contributed by atoms with Crippen LogP contribution >= 0.6 is 11.8 Å². The van der Waals surface area contributed by atoms with E-state index in [9.17, 15) is 10.0 Å². The van der Waals surface area contributed by atoms with E-state index in [4.69, 9.17) is 5.73 Å². The van der Waals surface area contributed by atoms with E-state index in [-0.39, 0.29) is 15.7 Å². The van der Waals surface area contributed by atoms with Crippen molar-refractivity contribution in [3.8, 4) is 11.3 Å². The summed E-state index contributed by atoms with van der Waals surface area (Å²) in [6, 6.07) is 9.09. The number of nitrogens with zero attached hydrogens (tertiary/aromatic N) is 2. The van der Waals surface area contributed by atoms with E-state index in [0.717, 1.165) is 17.3 Å². The predicted octanol–water partition coefficient (Wildman–Crippen LogP) is 0.552. The van der Waals surface area contributed by atoms with Crippen LogP contribution in [0, 0.1) is 5.21 Å². The molecule has 0 unspecified atom stereocenters. The number of rotatable bonds is 4. The van der Waals surface area contributed by atoms with E-state index < -0.39 is 5.91 Å². The molecule has 17 heavy (non-hydrogen) atoms. The number of hydrogen-bond donors (Lipinski definition) is 1. The Labute approximate surface area is 101 Å². The molecule has 0 radical (unpaired) electrons. The Morgan fingerprint density at radius 3 is 2.82 bits per heavy atom. The lowest BCUT2D eigenvalue weighted by Gasteiger charge is -1.96. The van der Waals surface area contributed by atoms with E-state index in [2.05, 4.69) is 9.79 Å². The summed E-state index contributed by atoms with van der Waals surface area (Å²) in [6.45, 7) is 0. The maximum absolute atomic E-state index is 11.3. The topological polar surface area (TPSA) is 96.1 Å². The molecule has 6 nitrogen and oxygen atoms in total. The van der Waals surface area contributed by atoms with Gasteiger partial charge in [-0.15, -0.1) is 0 Å². The first-order valence-corrected chi connectivity index (χ1v) is 5.73. The van der Waals surface area contributed by atoms with Crippen LogP contribution in [0.2, 0.25) is 0 Å². The van der Waals surface area contributed by atoms with Gasteiger partial charge in [0, 0.05) is 10.7 Å². The minimum atomic E-state index is -0.504. The summed E-state index contributed by atoms with van der Waals surface area (Å²) in [7, 11) is 0. The fourth-order valence-corrected chi connectivity index (χ4v) is 1.98. The third-order valence-electron chi connectivity index (χ3n) is 1.97. The van der Waals surface area contributed by atoms with Crippen molar-refractivity contribution in [1.82, 2.24) is 5.16 Å². The van der Waals surface area contributed by atoms with E-state index in [1.165, 1.54) is 0 Å². The van der Waals surface area contributed by atoms with Gasteiger partial charge in [0.15, 0.2) is 0 Å². The second-order valence-electron chi connectivity index (χ2n) is 3.20. The average Bonchev–Trinajstić information content (AvgIpc) is 2.69. The lowest BCUT2D eigenvalue weighted by Crippen LogP contribution is -2.26. The summed E-state index contributed by atoms with van der Waals surface area (Å²) in [5.41, 5.74) is 6.18. The highest BCUT2D eigenvalue weighted by Gasteiger charge is 2.21. The van der Waals surface area contributed by atoms with Crippen LogP contribution < -0.4 is 10.6 Å². The standard InChI is InChI=1S/C10H9N3O3S/c11-8(14)6-17-10-9(12-16-13(10)15)7-4-2-1-3-5-7/h1-5H,6H2,(H2,11,14). The highest BCUT2D eigenvalue weighted by atomic mass is 32.2. The van der Waals surface area contributed by atoms with Gasteiger partial charge in [0.05, 0.1) is 5.75 Å². The molecule has 2 N–H and O–H groups in total. The first-order chi connectivity index (χ1) is 8.18. The molecule has 0 fully saturated rings. The number of aromatic nitrogens is 2. The van der Waals surface area contributed by atoms with E-state index in [1.54, 1.807) is 12.1 Å². The predicted molar refractivity (Wildman–Crippen MR) is 60.8 cm³/mol. The molecular weight excluding hydrogens is 242 g/mol. The zero-order chi connectivity index (χ0) is 12.3. The Balaban J connectivity index is 2.32. The molecule has 2 rings (SSSR count). The Morgan fingerprint density at radius 2 is 2.18 bits per heavy atom. The van der Waals surface area contributed by atoms with Crippen molar-refractivity contribution in [1.29, 1.82) is 0 Å². The number of carbonyl (C=O) groups is 1. The first-order valence-electron chi connectivity index (χ1n) is 4.74. The quantitative estimate of drug-likeness (QED) is 0.632. The Kier molecular flexibility index (Phi) is 3.29. The average molecular weight is 251 g/mol. The molecule has 0 aliphatic rings. The molecule has 1 amide bonds. The molecule has 1 aromatic heterocycles. The highest BCUT2D eigenvalue weighted by molar-refractivity contribution is 7.99. The molecule has 0 aliphatic heterocycles. The third kappa shape index (κ3) is 2.56. The largest absolute Gasteiger partial charge is 0.369 e. The Hall–Kier alpha value is -2.02. The van der Waals surface area contributed by atoms with Crippen molar-refractivity contribution in [2.75, 3.05) is 5.75 Å². The van der Waals surface area contributed by atoms with Crippen LogP contribution in [-0.4, -0.2) is 16.8 Å². The third-order valence-corrected chi connectivity index (χ3v) is 3.02. The lowest BCUT2D eigenvalue weighted by molar-refractivity contribution is -0.831. The van der Waals surface area contributed by atoms with Gasteiger partial charge < -0.3 is 10.9 Å². The van der Waals surface area contributed by atoms with Crippen LogP contribution in [0.5, 0.6) is 0 Å². The van der Waals surface area contributed by atoms with Gasteiger partial charge in [-0.25, -0.2) is 0 Å². The van der Waals surface area contributed by atoms with Gasteiger partial charge >= 0.3 is 0 Å². The van der Waals surface area contributed by atoms with Crippen LogP contribution in [0.4, 0.5) is 0 Å². The summed E-state index contributed by atoms with van der Waals surface area (Å²) >= 11 is 1.00. The highest BCUT2D eigenvalue weighted by Crippen LogP contribution is 2.26. The SMILES string of the molecule is NC(=O)CSc1c(-c2ccccc2)no[n+]1[O-]. The van der Waals surface area contributed by atoms with Gasteiger partial charge in [0.1, 0.15) is 0 Å². The minimum absolute atomic E-state index is 0.00326. The van der Waals surface area contributed by atoms with Crippen LogP contribution in [0.1, 0.15) is 0 Å². The molecule has 2 aromatic rings. The van der Waals surface area contributed by atoms with Crippen molar-refractivity contribution in [3.63, 3.8) is 0 Å². The van der Waals surface area contributed by atoms with Crippen LogP contribution in [-0.2, 0) is 4.79 Å². The normalized spacial score (nSPS) is 10.4. The van der Waals surface area contributed by atoms with Gasteiger partial charge in [0.2, 0.25) is 5.91 Å². The summed E-state index contributed by atoms with van der Waals surface area (Å²) in [4.78, 5) is 11.0. The van der Waals surface area contributed by atoms with E-state index >= 15 is 0 Å². The molecule has 0 saturated carbocycles. The first kappa shape index (κ1) is 11.5. The van der Waals surface area contributed by atoms with Crippen molar-refractivity contribution in [2.45, 2.75) is 5.03 Å². The number of benzene rings is 1. The molecule has 1 aromatic carbocycles. The van der Waals surface area contributed by atoms with Gasteiger partial charge in [-0.1, -0.05) is 42.1 Å². The summed E-state index contributed by atoms with van der Waals surface area (Å²) in [5.74, 6) is -0.501. The molecule has 1 heterocycles. The summed E-state index contributed by atoms with van der Waals surface area (Å²) in [5, 5.41) is 15.2. The molecule has 0 aliphatic carbocycles. The van der Waals surface area contributed by atoms with E-state index in [0.29, 0.717) is 5.69 Å². The second kappa shape index (κ2) is 4.88. The van der Waals surface area contributed by atoms with Crippen molar-refractivity contribution >= 4 is 17.7 Å². The fraction of sp³-hybridized carbons (Fsp3) is 0.100. The monoisotopic (exact) mass is 251 g/mol. The molecule has 7 heteroatoms. The molecule has 0 saturated heterocycles. The Bertz CT molecular complexity index is 527. The smallest absolute Gasteiger partial charge is 0.262 e. The zero-order valence-electron chi connectivity index (χ0n) is 8.70. The molecule has 88 valence electrons. The van der Waals surface area contributed by atoms with Crippen molar-refractivity contribution in [3.05, 3.63) is 35.5 Å². The second-order valence-corrected chi connectivity index (χ2v) is 4.17. The summed E-state index contributed by atoms with van der Waals surface area (Å²) in [6.07, 6.45) is 0. The van der Waals surface area contributed by atoms with Gasteiger partial charge in [-0.05, 0) is 4.90 Å². The number of primary amides is 1. The maximum Gasteiger partial charge on any atom is 0.262 e. The number of nitrogens with two attached hydrogens (primary N) is 1. The maximum atomic E-state index is 11.3. The number of thioether (sulfide) groups is 1. The van der Waals surface area contributed by atoms with Gasteiger partial charge in [0.25, 0.3) is 10.7 Å². The van der Waals surface area contributed by atoms with Crippen molar-refractivity contribution < 1.29 is 14.3 Å². The molecular formula is C10H9N3O3S. The molecule has 0 atom stereocenters. The lowest BCUT2D eigenvalue weighted by atomic mass is 10.2. The fourth-order valence-electron chi connectivity index (χ4n) is 1.27. The van der Waals surface area contributed by atoms with Crippen LogP contribution in [0.25, 0.3) is 11.3 Å². The molecule has 0 bridgehead atoms. The minimum Gasteiger partial charge on any atom is -0.369 e.